The number of halogens is 1. The Morgan fingerprint density at radius 1 is 1.47 bits per heavy atom. The van der Waals surface area contributed by atoms with E-state index in [1.54, 1.807) is 12.3 Å². The summed E-state index contributed by atoms with van der Waals surface area (Å²) in [5, 5.41) is 13.0. The molecule has 0 saturated heterocycles. The van der Waals surface area contributed by atoms with Crippen molar-refractivity contribution in [3.63, 3.8) is 0 Å². The summed E-state index contributed by atoms with van der Waals surface area (Å²) in [5.74, 6) is 0. The van der Waals surface area contributed by atoms with Gasteiger partial charge in [-0.25, -0.2) is 0 Å². The molecule has 17 heavy (non-hydrogen) atoms. The Balaban J connectivity index is 2.07. The maximum atomic E-state index is 8.88. The summed E-state index contributed by atoms with van der Waals surface area (Å²) in [6.07, 6.45) is 4.50. The van der Waals surface area contributed by atoms with E-state index in [-0.39, 0.29) is 0 Å². The van der Waals surface area contributed by atoms with E-state index in [1.165, 1.54) is 0 Å². The van der Waals surface area contributed by atoms with Gasteiger partial charge in [0.1, 0.15) is 6.07 Å². The molecule has 0 saturated carbocycles. The fraction of sp³-hybridized carbons (Fsp3) is 0.167. The monoisotopic (exact) mass is 290 g/mol. The van der Waals surface area contributed by atoms with Crippen LogP contribution in [0.1, 0.15) is 11.1 Å². The Bertz CT molecular complexity index is 568. The van der Waals surface area contributed by atoms with Crippen LogP contribution in [0.4, 0.5) is 5.69 Å². The minimum absolute atomic E-state index is 0.526. The molecule has 0 aliphatic carbocycles. The summed E-state index contributed by atoms with van der Waals surface area (Å²) in [6.45, 7) is 0.778. The number of nitriles is 1. The molecule has 1 heterocycles. The molecule has 0 fully saturated rings. The predicted molar refractivity (Wildman–Crippen MR) is 69.2 cm³/mol. The third-order valence-electron chi connectivity index (χ3n) is 2.47. The topological polar surface area (TPSA) is 67.6 Å². The zero-order chi connectivity index (χ0) is 12.3. The highest BCUT2D eigenvalue weighted by molar-refractivity contribution is 9.10. The van der Waals surface area contributed by atoms with Crippen molar-refractivity contribution in [2.24, 2.45) is 0 Å². The Morgan fingerprint density at radius 2 is 2.29 bits per heavy atom. The molecule has 0 amide bonds. The molecule has 0 unspecified atom stereocenters. The average Bonchev–Trinajstić information content (AvgIpc) is 2.74. The first kappa shape index (κ1) is 11.7. The van der Waals surface area contributed by atoms with E-state index in [0.717, 1.165) is 23.0 Å². The van der Waals surface area contributed by atoms with Crippen LogP contribution in [0.5, 0.6) is 0 Å². The molecule has 0 aliphatic rings. The molecular weight excluding hydrogens is 280 g/mol. The second-order valence-electron chi connectivity index (χ2n) is 3.71. The van der Waals surface area contributed by atoms with Gasteiger partial charge < -0.3 is 5.73 Å². The maximum absolute atomic E-state index is 8.88. The van der Waals surface area contributed by atoms with Crippen LogP contribution in [-0.2, 0) is 13.0 Å². The van der Waals surface area contributed by atoms with E-state index in [0.29, 0.717) is 11.3 Å². The molecule has 0 bridgehead atoms. The number of nitrogens with two attached hydrogens (primary N) is 1. The first-order valence-electron chi connectivity index (χ1n) is 5.15. The Hall–Kier alpha value is -1.80. The second-order valence-corrected chi connectivity index (χ2v) is 4.62. The van der Waals surface area contributed by atoms with Gasteiger partial charge in [-0.3, -0.25) is 4.68 Å². The molecule has 2 N–H and O–H groups in total. The van der Waals surface area contributed by atoms with Gasteiger partial charge in [-0.05, 0) is 40.0 Å². The van der Waals surface area contributed by atoms with E-state index in [4.69, 9.17) is 11.0 Å². The lowest BCUT2D eigenvalue weighted by Gasteiger charge is -2.04. The number of aromatic nitrogens is 2. The fourth-order valence-corrected chi connectivity index (χ4v) is 1.89. The molecule has 0 radical (unpaired) electrons. The second kappa shape index (κ2) is 5.02. The third kappa shape index (κ3) is 2.86. The van der Waals surface area contributed by atoms with Gasteiger partial charge in [-0.2, -0.15) is 10.4 Å². The van der Waals surface area contributed by atoms with E-state index >= 15 is 0 Å². The summed E-state index contributed by atoms with van der Waals surface area (Å²) in [4.78, 5) is 0. The van der Waals surface area contributed by atoms with Crippen molar-refractivity contribution in [3.8, 4) is 6.07 Å². The largest absolute Gasteiger partial charge is 0.398 e. The average molecular weight is 291 g/mol. The van der Waals surface area contributed by atoms with Crippen LogP contribution in [0.3, 0.4) is 0 Å². The lowest BCUT2D eigenvalue weighted by molar-refractivity contribution is 0.614. The summed E-state index contributed by atoms with van der Waals surface area (Å²) in [7, 11) is 0. The molecule has 86 valence electrons. The van der Waals surface area contributed by atoms with Crippen molar-refractivity contribution in [1.82, 2.24) is 9.78 Å². The van der Waals surface area contributed by atoms with Crippen LogP contribution in [-0.4, -0.2) is 9.78 Å². The van der Waals surface area contributed by atoms with E-state index in [9.17, 15) is 0 Å². The number of hydrogen-bond acceptors (Lipinski definition) is 3. The molecule has 1 aromatic heterocycles. The highest BCUT2D eigenvalue weighted by Gasteiger charge is 2.01. The van der Waals surface area contributed by atoms with E-state index in [1.807, 2.05) is 23.0 Å². The van der Waals surface area contributed by atoms with Gasteiger partial charge >= 0.3 is 0 Å². The van der Waals surface area contributed by atoms with Crippen molar-refractivity contribution in [2.45, 2.75) is 13.0 Å². The summed E-state index contributed by atoms with van der Waals surface area (Å²) >= 11 is 3.35. The molecule has 0 spiro atoms. The third-order valence-corrected chi connectivity index (χ3v) is 2.88. The van der Waals surface area contributed by atoms with Crippen LogP contribution in [0.25, 0.3) is 0 Å². The summed E-state index contributed by atoms with van der Waals surface area (Å²) in [5.41, 5.74) is 7.81. The zero-order valence-electron chi connectivity index (χ0n) is 9.10. The first-order valence-corrected chi connectivity index (χ1v) is 5.95. The molecule has 4 nitrogen and oxygen atoms in total. The minimum Gasteiger partial charge on any atom is -0.398 e. The van der Waals surface area contributed by atoms with Gasteiger partial charge in [0.25, 0.3) is 0 Å². The molecule has 0 aliphatic heterocycles. The number of aryl methyl sites for hydroxylation is 2. The van der Waals surface area contributed by atoms with Crippen LogP contribution in [0.2, 0.25) is 0 Å². The smallest absolute Gasteiger partial charge is 0.101 e. The summed E-state index contributed by atoms with van der Waals surface area (Å²) in [6, 6.07) is 7.62. The van der Waals surface area contributed by atoms with Gasteiger partial charge in [0.15, 0.2) is 0 Å². The van der Waals surface area contributed by atoms with Crippen LogP contribution >= 0.6 is 15.9 Å². The van der Waals surface area contributed by atoms with Gasteiger partial charge in [-0.15, -0.1) is 0 Å². The van der Waals surface area contributed by atoms with E-state index < -0.39 is 0 Å². The Kier molecular flexibility index (Phi) is 3.45. The van der Waals surface area contributed by atoms with Gasteiger partial charge in [0, 0.05) is 18.4 Å². The molecule has 1 aromatic carbocycles. The van der Waals surface area contributed by atoms with Crippen molar-refractivity contribution in [1.29, 1.82) is 5.26 Å². The first-order chi connectivity index (χ1) is 8.19. The molecule has 5 heteroatoms. The SMILES string of the molecule is N#Cc1cc(CCn2cc(Br)cn2)ccc1N. The Morgan fingerprint density at radius 3 is 2.94 bits per heavy atom. The van der Waals surface area contributed by atoms with Crippen molar-refractivity contribution in [2.75, 3.05) is 5.73 Å². The highest BCUT2D eigenvalue weighted by atomic mass is 79.9. The van der Waals surface area contributed by atoms with Gasteiger partial charge in [-0.1, -0.05) is 6.07 Å². The van der Waals surface area contributed by atoms with Crippen molar-refractivity contribution in [3.05, 3.63) is 46.2 Å². The number of nitrogens with zero attached hydrogens (tertiary/aromatic N) is 3. The lowest BCUT2D eigenvalue weighted by atomic mass is 10.1. The molecule has 0 atom stereocenters. The fourth-order valence-electron chi connectivity index (χ4n) is 1.56. The van der Waals surface area contributed by atoms with Crippen molar-refractivity contribution < 1.29 is 0 Å². The van der Waals surface area contributed by atoms with Crippen LogP contribution in [0, 0.1) is 11.3 Å². The predicted octanol–water partition coefficient (Wildman–Crippen LogP) is 2.34. The van der Waals surface area contributed by atoms with Gasteiger partial charge in [0.05, 0.1) is 16.2 Å². The molecular formula is C12H11BrN4. The van der Waals surface area contributed by atoms with Crippen LogP contribution in [0.15, 0.2) is 35.1 Å². The lowest BCUT2D eigenvalue weighted by Crippen LogP contribution is -2.02. The Labute approximate surface area is 108 Å². The number of hydrogen-bond donors (Lipinski definition) is 1. The number of nitrogen functional groups attached to an aromatic ring is 1. The maximum Gasteiger partial charge on any atom is 0.101 e. The normalized spacial score (nSPS) is 10.1. The van der Waals surface area contributed by atoms with Gasteiger partial charge in [0.2, 0.25) is 0 Å². The minimum atomic E-state index is 0.526. The van der Waals surface area contributed by atoms with Crippen LogP contribution < -0.4 is 5.73 Å². The summed E-state index contributed by atoms with van der Waals surface area (Å²) < 4.78 is 2.82. The molecule has 2 rings (SSSR count). The number of anilines is 1. The van der Waals surface area contributed by atoms with Crippen molar-refractivity contribution >= 4 is 21.6 Å². The number of benzene rings is 1. The van der Waals surface area contributed by atoms with E-state index in [2.05, 4.69) is 27.1 Å². The zero-order valence-corrected chi connectivity index (χ0v) is 10.7. The highest BCUT2D eigenvalue weighted by Crippen LogP contribution is 2.14. The standard InChI is InChI=1S/C12H11BrN4/c13-11-7-16-17(8-11)4-3-9-1-2-12(15)10(5-9)6-14/h1-2,5,7-8H,3-4,15H2. The molecule has 2 aromatic rings. The quantitative estimate of drug-likeness (QED) is 0.883. The number of rotatable bonds is 3.